The average Bonchev–Trinajstić information content (AvgIpc) is 2.36. The number of amides is 1. The molecule has 0 heterocycles. The molecule has 0 bridgehead atoms. The quantitative estimate of drug-likeness (QED) is 0.738. The van der Waals surface area contributed by atoms with E-state index in [1.54, 1.807) is 0 Å². The third kappa shape index (κ3) is 3.37. The van der Waals surface area contributed by atoms with Crippen LogP contribution in [0.5, 0.6) is 11.5 Å². The molecule has 1 aromatic rings. The van der Waals surface area contributed by atoms with Crippen molar-refractivity contribution in [1.29, 1.82) is 0 Å². The molecule has 0 radical (unpaired) electrons. The molecule has 92 valence electrons. The first-order valence-corrected chi connectivity index (χ1v) is 4.80. The van der Waals surface area contributed by atoms with Crippen LogP contribution < -0.4 is 10.1 Å². The van der Waals surface area contributed by atoms with Gasteiger partial charge in [0.15, 0.2) is 0 Å². The molecule has 0 saturated heterocycles. The predicted molar refractivity (Wildman–Crippen MR) is 59.0 cm³/mol. The van der Waals surface area contributed by atoms with E-state index in [4.69, 9.17) is 4.74 Å². The molecule has 6 nitrogen and oxygen atoms in total. The Kier molecular flexibility index (Phi) is 4.33. The first-order valence-electron chi connectivity index (χ1n) is 4.80. The van der Waals surface area contributed by atoms with Crippen LogP contribution in [0.1, 0.15) is 10.4 Å². The molecule has 1 rings (SSSR count). The number of phenols is 1. The number of ether oxygens (including phenoxy) is 2. The summed E-state index contributed by atoms with van der Waals surface area (Å²) in [6.07, 6.45) is 0. The number of rotatable bonds is 4. The van der Waals surface area contributed by atoms with Gasteiger partial charge in [0, 0.05) is 0 Å². The zero-order chi connectivity index (χ0) is 12.8. The molecule has 0 aliphatic heterocycles. The number of carbonyl (C=O) groups is 2. The van der Waals surface area contributed by atoms with Gasteiger partial charge < -0.3 is 19.9 Å². The fourth-order valence-electron chi connectivity index (χ4n) is 1.14. The number of hydrogen-bond donors (Lipinski definition) is 2. The Morgan fingerprint density at radius 2 is 2.06 bits per heavy atom. The van der Waals surface area contributed by atoms with Crippen molar-refractivity contribution >= 4 is 11.9 Å². The molecule has 17 heavy (non-hydrogen) atoms. The molecule has 0 aliphatic rings. The van der Waals surface area contributed by atoms with Crippen LogP contribution in [0.15, 0.2) is 18.2 Å². The Hall–Kier alpha value is -2.24. The molecule has 0 aliphatic carbocycles. The van der Waals surface area contributed by atoms with Crippen molar-refractivity contribution in [3.8, 4) is 11.5 Å². The topological polar surface area (TPSA) is 84.9 Å². The zero-order valence-corrected chi connectivity index (χ0v) is 9.52. The smallest absolute Gasteiger partial charge is 0.325 e. The molecule has 0 atom stereocenters. The maximum Gasteiger partial charge on any atom is 0.325 e. The minimum atomic E-state index is -0.577. The van der Waals surface area contributed by atoms with E-state index in [1.165, 1.54) is 32.4 Å². The number of methoxy groups -OCH3 is 2. The summed E-state index contributed by atoms with van der Waals surface area (Å²) in [5, 5.41) is 11.8. The van der Waals surface area contributed by atoms with Gasteiger partial charge >= 0.3 is 5.97 Å². The van der Waals surface area contributed by atoms with Crippen LogP contribution in [0.25, 0.3) is 0 Å². The monoisotopic (exact) mass is 239 g/mol. The van der Waals surface area contributed by atoms with E-state index in [0.717, 1.165) is 0 Å². The molecule has 6 heteroatoms. The molecule has 1 amide bonds. The Bertz CT molecular complexity index is 430. The van der Waals surface area contributed by atoms with Crippen molar-refractivity contribution in [1.82, 2.24) is 5.32 Å². The second-order valence-electron chi connectivity index (χ2n) is 3.14. The first-order chi connectivity index (χ1) is 8.08. The third-order valence-electron chi connectivity index (χ3n) is 2.07. The summed E-state index contributed by atoms with van der Waals surface area (Å²) in [5.74, 6) is -0.897. The molecule has 1 aromatic carbocycles. The number of nitrogens with one attached hydrogen (secondary N) is 1. The van der Waals surface area contributed by atoms with Crippen LogP contribution in [-0.2, 0) is 9.53 Å². The van der Waals surface area contributed by atoms with Gasteiger partial charge in [0.2, 0.25) is 0 Å². The molecular formula is C11H13NO5. The molecular weight excluding hydrogens is 226 g/mol. The van der Waals surface area contributed by atoms with Gasteiger partial charge in [0.05, 0.1) is 19.8 Å². The lowest BCUT2D eigenvalue weighted by atomic mass is 10.2. The van der Waals surface area contributed by atoms with Crippen molar-refractivity contribution < 1.29 is 24.2 Å². The highest BCUT2D eigenvalue weighted by molar-refractivity contribution is 5.98. The molecule has 2 N–H and O–H groups in total. The third-order valence-corrected chi connectivity index (χ3v) is 2.07. The Balaban J connectivity index is 2.77. The Morgan fingerprint density at radius 1 is 1.35 bits per heavy atom. The summed E-state index contributed by atoms with van der Waals surface area (Å²) in [6, 6.07) is 4.24. The maximum atomic E-state index is 11.6. The van der Waals surface area contributed by atoms with Gasteiger partial charge in [-0.3, -0.25) is 9.59 Å². The van der Waals surface area contributed by atoms with E-state index >= 15 is 0 Å². The molecule has 0 unspecified atom stereocenters. The highest BCUT2D eigenvalue weighted by atomic mass is 16.5. The highest BCUT2D eigenvalue weighted by Gasteiger charge is 2.13. The minimum absolute atomic E-state index is 0.0354. The van der Waals surface area contributed by atoms with Crippen molar-refractivity contribution in [2.75, 3.05) is 20.8 Å². The Labute approximate surface area is 98.2 Å². The molecule has 0 fully saturated rings. The summed E-state index contributed by atoms with van der Waals surface area (Å²) >= 11 is 0. The summed E-state index contributed by atoms with van der Waals surface area (Å²) < 4.78 is 9.29. The summed E-state index contributed by atoms with van der Waals surface area (Å²) in [7, 11) is 2.67. The fraction of sp³-hybridized carbons (Fsp3) is 0.273. The standard InChI is InChI=1S/C11H13NO5/c1-16-7-3-4-9(13)8(5-7)11(15)12-6-10(14)17-2/h3-5,13H,6H2,1-2H3,(H,12,15). The number of carbonyl (C=O) groups excluding carboxylic acids is 2. The van der Waals surface area contributed by atoms with Crippen molar-refractivity contribution in [3.63, 3.8) is 0 Å². The van der Waals surface area contributed by atoms with Gasteiger partial charge in [-0.05, 0) is 18.2 Å². The zero-order valence-electron chi connectivity index (χ0n) is 9.52. The van der Waals surface area contributed by atoms with E-state index in [1.807, 2.05) is 0 Å². The maximum absolute atomic E-state index is 11.6. The molecule has 0 aromatic heterocycles. The van der Waals surface area contributed by atoms with E-state index in [-0.39, 0.29) is 17.9 Å². The number of phenolic OH excluding ortho intramolecular Hbond substituents is 1. The fourth-order valence-corrected chi connectivity index (χ4v) is 1.14. The van der Waals surface area contributed by atoms with E-state index in [2.05, 4.69) is 10.1 Å². The van der Waals surface area contributed by atoms with Crippen LogP contribution in [-0.4, -0.2) is 37.7 Å². The summed E-state index contributed by atoms with van der Waals surface area (Å²) in [4.78, 5) is 22.5. The van der Waals surface area contributed by atoms with Crippen molar-refractivity contribution in [2.45, 2.75) is 0 Å². The van der Waals surface area contributed by atoms with Crippen molar-refractivity contribution in [2.24, 2.45) is 0 Å². The van der Waals surface area contributed by atoms with Crippen LogP contribution in [0.3, 0.4) is 0 Å². The van der Waals surface area contributed by atoms with Crippen LogP contribution >= 0.6 is 0 Å². The highest BCUT2D eigenvalue weighted by Crippen LogP contribution is 2.22. The Morgan fingerprint density at radius 3 is 2.65 bits per heavy atom. The lowest BCUT2D eigenvalue weighted by molar-refractivity contribution is -0.139. The van der Waals surface area contributed by atoms with Gasteiger partial charge in [-0.2, -0.15) is 0 Å². The van der Waals surface area contributed by atoms with Crippen LogP contribution in [0.4, 0.5) is 0 Å². The number of benzene rings is 1. The van der Waals surface area contributed by atoms with E-state index < -0.39 is 11.9 Å². The molecule has 0 spiro atoms. The van der Waals surface area contributed by atoms with Gasteiger partial charge in [0.25, 0.3) is 5.91 Å². The van der Waals surface area contributed by atoms with Gasteiger partial charge in [-0.25, -0.2) is 0 Å². The SMILES string of the molecule is COC(=O)CNC(=O)c1cc(OC)ccc1O. The average molecular weight is 239 g/mol. The van der Waals surface area contributed by atoms with Crippen molar-refractivity contribution in [3.05, 3.63) is 23.8 Å². The first kappa shape index (κ1) is 12.8. The van der Waals surface area contributed by atoms with Crippen LogP contribution in [0, 0.1) is 0 Å². The van der Waals surface area contributed by atoms with E-state index in [0.29, 0.717) is 5.75 Å². The van der Waals surface area contributed by atoms with Gasteiger partial charge in [-0.1, -0.05) is 0 Å². The van der Waals surface area contributed by atoms with Gasteiger partial charge in [0.1, 0.15) is 18.0 Å². The minimum Gasteiger partial charge on any atom is -0.507 e. The normalized spacial score (nSPS) is 9.53. The summed E-state index contributed by atoms with van der Waals surface area (Å²) in [6.45, 7) is -0.258. The number of esters is 1. The van der Waals surface area contributed by atoms with E-state index in [9.17, 15) is 14.7 Å². The van der Waals surface area contributed by atoms with Crippen LogP contribution in [0.2, 0.25) is 0 Å². The second kappa shape index (κ2) is 5.74. The number of hydrogen-bond acceptors (Lipinski definition) is 5. The lowest BCUT2D eigenvalue weighted by Crippen LogP contribution is -2.30. The second-order valence-corrected chi connectivity index (χ2v) is 3.14. The van der Waals surface area contributed by atoms with Gasteiger partial charge in [-0.15, -0.1) is 0 Å². The molecule has 0 saturated carbocycles. The summed E-state index contributed by atoms with van der Waals surface area (Å²) in [5.41, 5.74) is 0.0354. The number of aromatic hydroxyl groups is 1. The predicted octanol–water partition coefficient (Wildman–Crippen LogP) is 0.304. The lowest BCUT2D eigenvalue weighted by Gasteiger charge is -2.07. The largest absolute Gasteiger partial charge is 0.507 e.